The lowest BCUT2D eigenvalue weighted by Crippen LogP contribution is -2.43. The zero-order valence-electron chi connectivity index (χ0n) is 14.5. The first kappa shape index (κ1) is 19.6. The molecule has 1 atom stereocenters. The molecule has 2 amide bonds. The van der Waals surface area contributed by atoms with E-state index in [0.29, 0.717) is 0 Å². The first-order valence-electron chi connectivity index (χ1n) is 8.50. The number of thioether (sulfide) groups is 1. The van der Waals surface area contributed by atoms with Gasteiger partial charge in [-0.1, -0.05) is 12.1 Å². The molecule has 3 rings (SSSR count). The molecule has 1 aliphatic heterocycles. The molecular weight excluding hydrogens is 379 g/mol. The number of para-hydroxylation sites is 1. The molecule has 1 aromatic carbocycles. The van der Waals surface area contributed by atoms with Crippen LogP contribution in [0.15, 0.2) is 47.3 Å². The van der Waals surface area contributed by atoms with Crippen molar-refractivity contribution in [3.05, 3.63) is 54.0 Å². The Morgan fingerprint density at radius 3 is 2.63 bits per heavy atom. The van der Waals surface area contributed by atoms with E-state index in [1.54, 1.807) is 12.5 Å². The number of anilines is 1. The second kappa shape index (κ2) is 8.71. The highest BCUT2D eigenvalue weighted by molar-refractivity contribution is 7.99. The van der Waals surface area contributed by atoms with Gasteiger partial charge in [0.15, 0.2) is 0 Å². The lowest BCUT2D eigenvalue weighted by Gasteiger charge is -2.34. The maximum absolute atomic E-state index is 13.1. The first-order valence-corrected chi connectivity index (χ1v) is 9.65. The fraction of sp³-hybridized carbons (Fsp3) is 0.389. The summed E-state index contributed by atoms with van der Waals surface area (Å²) in [6, 6.07) is 5.98. The summed E-state index contributed by atoms with van der Waals surface area (Å²) in [5, 5.41) is 4.99. The van der Waals surface area contributed by atoms with Crippen LogP contribution in [0.4, 0.5) is 23.7 Å². The molecule has 0 bridgehead atoms. The van der Waals surface area contributed by atoms with Gasteiger partial charge in [-0.2, -0.15) is 24.9 Å². The molecule has 0 radical (unpaired) electrons. The number of hydrogen-bond acceptors (Lipinski definition) is 4. The van der Waals surface area contributed by atoms with E-state index in [1.807, 2.05) is 17.8 Å². The largest absolute Gasteiger partial charge is 0.472 e. The normalized spacial score (nSPS) is 16.7. The molecule has 27 heavy (non-hydrogen) atoms. The number of furan rings is 1. The van der Waals surface area contributed by atoms with E-state index in [0.717, 1.165) is 36.2 Å². The molecule has 0 aliphatic carbocycles. The Kier molecular flexibility index (Phi) is 6.33. The van der Waals surface area contributed by atoms with Crippen molar-refractivity contribution in [2.24, 2.45) is 0 Å². The summed E-state index contributed by atoms with van der Waals surface area (Å²) in [4.78, 5) is 14.5. The van der Waals surface area contributed by atoms with Crippen LogP contribution in [-0.2, 0) is 6.18 Å². The van der Waals surface area contributed by atoms with Gasteiger partial charge in [0.05, 0.1) is 29.8 Å². The van der Waals surface area contributed by atoms with Crippen molar-refractivity contribution in [1.29, 1.82) is 0 Å². The Labute approximate surface area is 159 Å². The molecule has 2 aromatic rings. The fourth-order valence-electron chi connectivity index (χ4n) is 3.01. The van der Waals surface area contributed by atoms with Crippen LogP contribution in [0.5, 0.6) is 0 Å². The number of alkyl halides is 3. The molecule has 2 heterocycles. The average Bonchev–Trinajstić information content (AvgIpc) is 3.17. The van der Waals surface area contributed by atoms with Gasteiger partial charge < -0.3 is 15.1 Å². The highest BCUT2D eigenvalue weighted by Gasteiger charge is 2.33. The standard InChI is InChI=1S/C18H20F3N3O2S/c19-18(20,21)14-3-1-2-4-15(14)23-17(25)22-11-16(13-5-8-26-12-13)24-6-9-27-10-7-24/h1-5,8,12,16H,6-7,9-11H2,(H2,22,23,25)/t16-/m1/s1. The van der Waals surface area contributed by atoms with E-state index < -0.39 is 17.8 Å². The minimum absolute atomic E-state index is 0.0896. The van der Waals surface area contributed by atoms with E-state index in [4.69, 9.17) is 4.42 Å². The molecular formula is C18H20F3N3O2S. The number of hydrogen-bond donors (Lipinski definition) is 2. The van der Waals surface area contributed by atoms with E-state index in [1.165, 1.54) is 18.2 Å². The number of carbonyl (C=O) groups is 1. The van der Waals surface area contributed by atoms with Crippen molar-refractivity contribution in [3.8, 4) is 0 Å². The zero-order valence-corrected chi connectivity index (χ0v) is 15.3. The minimum Gasteiger partial charge on any atom is -0.472 e. The number of urea groups is 1. The van der Waals surface area contributed by atoms with Crippen molar-refractivity contribution in [2.45, 2.75) is 12.2 Å². The number of rotatable bonds is 5. The Balaban J connectivity index is 1.65. The van der Waals surface area contributed by atoms with Crippen LogP contribution in [0.25, 0.3) is 0 Å². The third-order valence-electron chi connectivity index (χ3n) is 4.35. The minimum atomic E-state index is -4.53. The van der Waals surface area contributed by atoms with Crippen molar-refractivity contribution in [2.75, 3.05) is 36.5 Å². The van der Waals surface area contributed by atoms with Gasteiger partial charge in [0.25, 0.3) is 0 Å². The maximum Gasteiger partial charge on any atom is 0.418 e. The maximum atomic E-state index is 13.1. The third kappa shape index (κ3) is 5.20. The number of benzene rings is 1. The topological polar surface area (TPSA) is 57.5 Å². The van der Waals surface area contributed by atoms with Crippen LogP contribution in [0.3, 0.4) is 0 Å². The van der Waals surface area contributed by atoms with E-state index in [-0.39, 0.29) is 18.3 Å². The van der Waals surface area contributed by atoms with Gasteiger partial charge in [-0.15, -0.1) is 0 Å². The Bertz CT molecular complexity index is 747. The average molecular weight is 399 g/mol. The smallest absolute Gasteiger partial charge is 0.418 e. The summed E-state index contributed by atoms with van der Waals surface area (Å²) in [6.45, 7) is 2.02. The zero-order chi connectivity index (χ0) is 19.3. The molecule has 146 valence electrons. The summed E-state index contributed by atoms with van der Waals surface area (Å²) in [7, 11) is 0. The van der Waals surface area contributed by atoms with E-state index in [9.17, 15) is 18.0 Å². The summed E-state index contributed by atoms with van der Waals surface area (Å²) in [6.07, 6.45) is -1.33. The van der Waals surface area contributed by atoms with Crippen molar-refractivity contribution in [3.63, 3.8) is 0 Å². The molecule has 1 fully saturated rings. The lowest BCUT2D eigenvalue weighted by molar-refractivity contribution is -0.136. The van der Waals surface area contributed by atoms with Crippen molar-refractivity contribution < 1.29 is 22.4 Å². The first-order chi connectivity index (χ1) is 12.9. The van der Waals surface area contributed by atoms with Gasteiger partial charge in [0.1, 0.15) is 0 Å². The highest BCUT2D eigenvalue weighted by atomic mass is 32.2. The lowest BCUT2D eigenvalue weighted by atomic mass is 10.1. The fourth-order valence-corrected chi connectivity index (χ4v) is 3.94. The molecule has 5 nitrogen and oxygen atoms in total. The molecule has 1 saturated heterocycles. The second-order valence-electron chi connectivity index (χ2n) is 6.10. The molecule has 0 unspecified atom stereocenters. The van der Waals surface area contributed by atoms with Gasteiger partial charge in [-0.25, -0.2) is 4.79 Å². The van der Waals surface area contributed by atoms with Crippen LogP contribution >= 0.6 is 11.8 Å². The molecule has 2 N–H and O–H groups in total. The van der Waals surface area contributed by atoms with E-state index in [2.05, 4.69) is 15.5 Å². The van der Waals surface area contributed by atoms with Crippen LogP contribution < -0.4 is 10.6 Å². The molecule has 1 aliphatic rings. The quantitative estimate of drug-likeness (QED) is 0.791. The monoisotopic (exact) mass is 399 g/mol. The van der Waals surface area contributed by atoms with Crippen LogP contribution in [-0.4, -0.2) is 42.1 Å². The molecule has 0 spiro atoms. The second-order valence-corrected chi connectivity index (χ2v) is 7.32. The van der Waals surface area contributed by atoms with Crippen molar-refractivity contribution >= 4 is 23.5 Å². The molecule has 0 saturated carbocycles. The predicted octanol–water partition coefficient (Wildman–Crippen LogP) is 4.21. The summed E-state index contributed by atoms with van der Waals surface area (Å²) in [5.74, 6) is 2.00. The molecule has 9 heteroatoms. The number of nitrogens with one attached hydrogen (secondary N) is 2. The molecule has 1 aromatic heterocycles. The Hall–Kier alpha value is -2.13. The summed E-state index contributed by atoms with van der Waals surface area (Å²) < 4.78 is 44.3. The Morgan fingerprint density at radius 2 is 1.96 bits per heavy atom. The van der Waals surface area contributed by atoms with Crippen LogP contribution in [0.1, 0.15) is 17.2 Å². The Morgan fingerprint density at radius 1 is 1.22 bits per heavy atom. The van der Waals surface area contributed by atoms with Crippen molar-refractivity contribution in [1.82, 2.24) is 10.2 Å². The number of nitrogens with zero attached hydrogens (tertiary/aromatic N) is 1. The van der Waals surface area contributed by atoms with Gasteiger partial charge in [0, 0.05) is 36.7 Å². The van der Waals surface area contributed by atoms with E-state index >= 15 is 0 Å². The van der Waals surface area contributed by atoms with Gasteiger partial charge in [-0.05, 0) is 18.2 Å². The van der Waals surface area contributed by atoms with Gasteiger partial charge in [-0.3, -0.25) is 4.90 Å². The number of amides is 2. The predicted molar refractivity (Wildman–Crippen MR) is 98.8 cm³/mol. The summed E-state index contributed by atoms with van der Waals surface area (Å²) in [5.41, 5.74) is -0.214. The van der Waals surface area contributed by atoms with Gasteiger partial charge >= 0.3 is 12.2 Å². The van der Waals surface area contributed by atoms with Gasteiger partial charge in [0.2, 0.25) is 0 Å². The third-order valence-corrected chi connectivity index (χ3v) is 5.29. The highest BCUT2D eigenvalue weighted by Crippen LogP contribution is 2.34. The SMILES string of the molecule is O=C(NC[C@H](c1ccoc1)N1CCSCC1)Nc1ccccc1C(F)(F)F. The van der Waals surface area contributed by atoms with Crippen LogP contribution in [0, 0.1) is 0 Å². The summed E-state index contributed by atoms with van der Waals surface area (Å²) >= 11 is 1.87. The number of halogens is 3. The number of carbonyl (C=O) groups excluding carboxylic acids is 1. The van der Waals surface area contributed by atoms with Crippen LogP contribution in [0.2, 0.25) is 0 Å².